The zero-order chi connectivity index (χ0) is 21.6. The molecule has 1 aromatic heterocycles. The van der Waals surface area contributed by atoms with E-state index < -0.39 is 0 Å². The molecule has 2 heterocycles. The minimum atomic E-state index is 0.181. The van der Waals surface area contributed by atoms with Crippen molar-refractivity contribution in [2.75, 3.05) is 26.2 Å². The maximum atomic E-state index is 12.7. The number of hydrogen-bond acceptors (Lipinski definition) is 4. The van der Waals surface area contributed by atoms with Crippen LogP contribution in [0.25, 0.3) is 11.3 Å². The Bertz CT molecular complexity index is 971. The third-order valence-electron chi connectivity index (χ3n) is 5.94. The lowest BCUT2D eigenvalue weighted by molar-refractivity contribution is -0.133. The molecule has 0 unspecified atom stereocenters. The molecule has 1 fully saturated rings. The number of hydrogen-bond donors (Lipinski definition) is 0. The van der Waals surface area contributed by atoms with Crippen molar-refractivity contribution in [1.29, 1.82) is 0 Å². The fourth-order valence-corrected chi connectivity index (χ4v) is 3.96. The van der Waals surface area contributed by atoms with Crippen LogP contribution in [0.5, 0.6) is 0 Å². The second-order valence-corrected chi connectivity index (χ2v) is 8.54. The van der Waals surface area contributed by atoms with E-state index in [1.807, 2.05) is 35.2 Å². The van der Waals surface area contributed by atoms with E-state index in [1.54, 1.807) is 6.20 Å². The summed E-state index contributed by atoms with van der Waals surface area (Å²) in [6.07, 6.45) is 2.71. The van der Waals surface area contributed by atoms with Gasteiger partial charge in [0.25, 0.3) is 0 Å². The molecule has 0 radical (unpaired) electrons. The van der Waals surface area contributed by atoms with Crippen LogP contribution < -0.4 is 0 Å². The van der Waals surface area contributed by atoms with Gasteiger partial charge >= 0.3 is 0 Å². The zero-order valence-electron chi connectivity index (χ0n) is 18.5. The van der Waals surface area contributed by atoms with Crippen molar-refractivity contribution in [3.63, 3.8) is 0 Å². The summed E-state index contributed by atoms with van der Waals surface area (Å²) in [5.74, 6) is 2.11. The topological polar surface area (TPSA) is 49.6 Å². The first-order chi connectivity index (χ1) is 15.1. The number of benzene rings is 2. The molecule has 0 atom stereocenters. The van der Waals surface area contributed by atoms with Gasteiger partial charge < -0.3 is 9.32 Å². The number of amides is 1. The first-order valence-corrected chi connectivity index (χ1v) is 11.2. The Morgan fingerprint density at radius 1 is 1.00 bits per heavy atom. The molecule has 0 N–H and O–H groups in total. The van der Waals surface area contributed by atoms with Gasteiger partial charge in [-0.3, -0.25) is 9.69 Å². The average molecular weight is 418 g/mol. The van der Waals surface area contributed by atoms with Crippen LogP contribution in [-0.4, -0.2) is 46.9 Å². The Morgan fingerprint density at radius 3 is 2.39 bits per heavy atom. The summed E-state index contributed by atoms with van der Waals surface area (Å²) in [6.45, 7) is 8.76. The van der Waals surface area contributed by atoms with Crippen LogP contribution in [0.3, 0.4) is 0 Å². The molecule has 4 rings (SSSR count). The smallest absolute Gasteiger partial charge is 0.223 e. The number of nitrogens with zero attached hydrogens (tertiary/aromatic N) is 3. The summed E-state index contributed by atoms with van der Waals surface area (Å²) in [6, 6.07) is 18.8. The van der Waals surface area contributed by atoms with Gasteiger partial charge in [0.05, 0.1) is 6.20 Å². The number of piperazine rings is 1. The predicted molar refractivity (Wildman–Crippen MR) is 123 cm³/mol. The van der Waals surface area contributed by atoms with E-state index in [-0.39, 0.29) is 5.91 Å². The highest BCUT2D eigenvalue weighted by molar-refractivity contribution is 5.76. The molecule has 31 heavy (non-hydrogen) atoms. The van der Waals surface area contributed by atoms with Gasteiger partial charge in [0.1, 0.15) is 0 Å². The fraction of sp³-hybridized carbons (Fsp3) is 0.385. The van der Waals surface area contributed by atoms with Crippen molar-refractivity contribution in [1.82, 2.24) is 14.8 Å². The monoisotopic (exact) mass is 417 g/mol. The number of carbonyl (C=O) groups excluding carboxylic acids is 1. The van der Waals surface area contributed by atoms with Gasteiger partial charge in [-0.05, 0) is 17.0 Å². The number of rotatable bonds is 7. The molecule has 3 aromatic rings. The van der Waals surface area contributed by atoms with Crippen LogP contribution in [0.2, 0.25) is 0 Å². The molecule has 162 valence electrons. The number of carbonyl (C=O) groups is 1. The zero-order valence-corrected chi connectivity index (χ0v) is 18.5. The van der Waals surface area contributed by atoms with Crippen LogP contribution in [-0.2, 0) is 17.8 Å². The predicted octanol–water partition coefficient (Wildman–Crippen LogP) is 4.74. The van der Waals surface area contributed by atoms with Gasteiger partial charge in [0, 0.05) is 51.1 Å². The molecule has 1 aliphatic heterocycles. The lowest BCUT2D eigenvalue weighted by atomic mass is 10.0. The van der Waals surface area contributed by atoms with E-state index in [2.05, 4.69) is 48.0 Å². The maximum Gasteiger partial charge on any atom is 0.223 e. The molecule has 0 bridgehead atoms. The molecule has 1 saturated heterocycles. The van der Waals surface area contributed by atoms with Gasteiger partial charge in [-0.15, -0.1) is 0 Å². The summed E-state index contributed by atoms with van der Waals surface area (Å²) >= 11 is 0. The summed E-state index contributed by atoms with van der Waals surface area (Å²) in [4.78, 5) is 21.4. The summed E-state index contributed by atoms with van der Waals surface area (Å²) < 4.78 is 5.82. The molecule has 0 saturated carbocycles. The number of aromatic nitrogens is 1. The van der Waals surface area contributed by atoms with E-state index in [4.69, 9.17) is 4.42 Å². The molecule has 1 amide bonds. The molecule has 0 spiro atoms. The SMILES string of the molecule is CC(C)c1ccc(CN2CCN(C(=O)CCc3ncc(-c4ccccc4)o3)CC2)cc1. The quantitative estimate of drug-likeness (QED) is 0.557. The van der Waals surface area contributed by atoms with Crippen molar-refractivity contribution in [2.24, 2.45) is 0 Å². The van der Waals surface area contributed by atoms with Gasteiger partial charge in [-0.1, -0.05) is 68.4 Å². The molecule has 2 aromatic carbocycles. The van der Waals surface area contributed by atoms with Gasteiger partial charge in [-0.2, -0.15) is 0 Å². The standard InChI is InChI=1S/C26H31N3O2/c1-20(2)22-10-8-21(9-11-22)19-28-14-16-29(17-15-28)26(30)13-12-25-27-18-24(31-25)23-6-4-3-5-7-23/h3-11,18,20H,12-17,19H2,1-2H3. The molecule has 0 aliphatic carbocycles. The molecule has 5 heteroatoms. The summed E-state index contributed by atoms with van der Waals surface area (Å²) in [7, 11) is 0. The van der Waals surface area contributed by atoms with Crippen LogP contribution in [0.15, 0.2) is 65.2 Å². The lowest BCUT2D eigenvalue weighted by Crippen LogP contribution is -2.48. The van der Waals surface area contributed by atoms with Crippen molar-refractivity contribution >= 4 is 5.91 Å². The Balaban J connectivity index is 1.22. The highest BCUT2D eigenvalue weighted by atomic mass is 16.4. The first kappa shape index (κ1) is 21.3. The van der Waals surface area contributed by atoms with Crippen molar-refractivity contribution in [3.8, 4) is 11.3 Å². The van der Waals surface area contributed by atoms with E-state index in [1.165, 1.54) is 11.1 Å². The van der Waals surface area contributed by atoms with Crippen LogP contribution in [0.4, 0.5) is 0 Å². The van der Waals surface area contributed by atoms with E-state index in [0.29, 0.717) is 24.7 Å². The fourth-order valence-electron chi connectivity index (χ4n) is 3.96. The second-order valence-electron chi connectivity index (χ2n) is 8.54. The Kier molecular flexibility index (Phi) is 6.82. The minimum Gasteiger partial charge on any atom is -0.441 e. The number of oxazole rings is 1. The van der Waals surface area contributed by atoms with Crippen LogP contribution in [0, 0.1) is 0 Å². The highest BCUT2D eigenvalue weighted by Crippen LogP contribution is 2.21. The van der Waals surface area contributed by atoms with E-state index >= 15 is 0 Å². The molecular weight excluding hydrogens is 386 g/mol. The third-order valence-corrected chi connectivity index (χ3v) is 5.94. The first-order valence-electron chi connectivity index (χ1n) is 11.2. The van der Waals surface area contributed by atoms with Gasteiger partial charge in [-0.25, -0.2) is 4.98 Å². The second kappa shape index (κ2) is 9.92. The number of aryl methyl sites for hydroxylation is 1. The van der Waals surface area contributed by atoms with Crippen molar-refractivity contribution in [2.45, 2.75) is 39.2 Å². The van der Waals surface area contributed by atoms with E-state index in [9.17, 15) is 4.79 Å². The Morgan fingerprint density at radius 2 is 1.71 bits per heavy atom. The average Bonchev–Trinajstić information content (AvgIpc) is 3.28. The van der Waals surface area contributed by atoms with Crippen molar-refractivity contribution in [3.05, 3.63) is 77.8 Å². The maximum absolute atomic E-state index is 12.7. The van der Waals surface area contributed by atoms with Crippen LogP contribution >= 0.6 is 0 Å². The molecular formula is C26H31N3O2. The highest BCUT2D eigenvalue weighted by Gasteiger charge is 2.21. The normalized spacial score (nSPS) is 14.9. The Labute approximate surface area is 184 Å². The molecule has 1 aliphatic rings. The lowest BCUT2D eigenvalue weighted by Gasteiger charge is -2.34. The van der Waals surface area contributed by atoms with Crippen molar-refractivity contribution < 1.29 is 9.21 Å². The molecule has 5 nitrogen and oxygen atoms in total. The van der Waals surface area contributed by atoms with Crippen LogP contribution in [0.1, 0.15) is 43.2 Å². The minimum absolute atomic E-state index is 0.181. The van der Waals surface area contributed by atoms with E-state index in [0.717, 1.165) is 44.0 Å². The Hall–Kier alpha value is -2.92. The third kappa shape index (κ3) is 5.61. The van der Waals surface area contributed by atoms with Gasteiger partial charge in [0.15, 0.2) is 11.7 Å². The summed E-state index contributed by atoms with van der Waals surface area (Å²) in [5, 5.41) is 0. The van der Waals surface area contributed by atoms with Gasteiger partial charge in [0.2, 0.25) is 5.91 Å². The summed E-state index contributed by atoms with van der Waals surface area (Å²) in [5.41, 5.74) is 3.71. The largest absolute Gasteiger partial charge is 0.441 e.